The van der Waals surface area contributed by atoms with Crippen molar-refractivity contribution in [2.75, 3.05) is 20.2 Å². The molecule has 0 fully saturated rings. The molecule has 0 bridgehead atoms. The van der Waals surface area contributed by atoms with Crippen molar-refractivity contribution in [1.29, 1.82) is 0 Å². The molecule has 0 spiro atoms. The highest BCUT2D eigenvalue weighted by Gasteiger charge is 2.21. The SMILES string of the molecule is CCc1nc2cc(C)ccn2c1C(=O)N(C)CCO. The van der Waals surface area contributed by atoms with Crippen LogP contribution in [0.5, 0.6) is 0 Å². The van der Waals surface area contributed by atoms with Gasteiger partial charge in [0.25, 0.3) is 5.91 Å². The van der Waals surface area contributed by atoms with E-state index in [0.29, 0.717) is 18.7 Å². The van der Waals surface area contributed by atoms with Crippen LogP contribution in [0, 0.1) is 6.92 Å². The summed E-state index contributed by atoms with van der Waals surface area (Å²) < 4.78 is 1.82. The predicted molar refractivity (Wildman–Crippen MR) is 73.4 cm³/mol. The minimum Gasteiger partial charge on any atom is -0.395 e. The maximum Gasteiger partial charge on any atom is 0.272 e. The van der Waals surface area contributed by atoms with Crippen LogP contribution >= 0.6 is 0 Å². The molecule has 2 aromatic rings. The van der Waals surface area contributed by atoms with E-state index in [-0.39, 0.29) is 12.5 Å². The number of imidazole rings is 1. The maximum atomic E-state index is 12.4. The van der Waals surface area contributed by atoms with Crippen LogP contribution in [0.15, 0.2) is 18.3 Å². The van der Waals surface area contributed by atoms with E-state index in [0.717, 1.165) is 16.9 Å². The van der Waals surface area contributed by atoms with Crippen molar-refractivity contribution < 1.29 is 9.90 Å². The lowest BCUT2D eigenvalue weighted by Crippen LogP contribution is -2.31. The molecule has 2 rings (SSSR count). The van der Waals surface area contributed by atoms with Gasteiger partial charge in [-0.3, -0.25) is 9.20 Å². The molecule has 5 heteroatoms. The number of carbonyl (C=O) groups is 1. The summed E-state index contributed by atoms with van der Waals surface area (Å²) in [5, 5.41) is 8.94. The Morgan fingerprint density at radius 3 is 2.89 bits per heavy atom. The van der Waals surface area contributed by atoms with E-state index in [1.807, 2.05) is 36.6 Å². The van der Waals surface area contributed by atoms with Gasteiger partial charge in [0.1, 0.15) is 11.3 Å². The van der Waals surface area contributed by atoms with Crippen LogP contribution in [0.3, 0.4) is 0 Å². The molecule has 0 saturated carbocycles. The number of rotatable bonds is 4. The van der Waals surface area contributed by atoms with E-state index in [4.69, 9.17) is 5.11 Å². The first-order chi connectivity index (χ1) is 9.08. The number of pyridine rings is 1. The van der Waals surface area contributed by atoms with Crippen molar-refractivity contribution in [3.8, 4) is 0 Å². The predicted octanol–water partition coefficient (Wildman–Crippen LogP) is 1.27. The Hall–Kier alpha value is -1.88. The van der Waals surface area contributed by atoms with Crippen molar-refractivity contribution in [3.05, 3.63) is 35.3 Å². The van der Waals surface area contributed by atoms with Gasteiger partial charge >= 0.3 is 0 Å². The van der Waals surface area contributed by atoms with E-state index >= 15 is 0 Å². The van der Waals surface area contributed by atoms with Gasteiger partial charge in [-0.25, -0.2) is 4.98 Å². The van der Waals surface area contributed by atoms with E-state index in [1.165, 1.54) is 4.90 Å². The number of aliphatic hydroxyl groups is 1. The lowest BCUT2D eigenvalue weighted by Gasteiger charge is -2.16. The monoisotopic (exact) mass is 261 g/mol. The Morgan fingerprint density at radius 2 is 2.26 bits per heavy atom. The molecule has 0 aromatic carbocycles. The van der Waals surface area contributed by atoms with Crippen LogP contribution in [0.4, 0.5) is 0 Å². The molecule has 2 heterocycles. The molecular formula is C14H19N3O2. The highest BCUT2D eigenvalue weighted by molar-refractivity contribution is 5.94. The minimum atomic E-state index is -0.109. The number of aryl methyl sites for hydroxylation is 2. The van der Waals surface area contributed by atoms with Gasteiger partial charge in [0.05, 0.1) is 12.3 Å². The van der Waals surface area contributed by atoms with E-state index in [2.05, 4.69) is 4.98 Å². The number of carbonyl (C=O) groups excluding carboxylic acids is 1. The fourth-order valence-electron chi connectivity index (χ4n) is 2.10. The van der Waals surface area contributed by atoms with Crippen molar-refractivity contribution in [2.24, 2.45) is 0 Å². The molecule has 0 aliphatic carbocycles. The van der Waals surface area contributed by atoms with Crippen LogP contribution < -0.4 is 0 Å². The van der Waals surface area contributed by atoms with Crippen molar-refractivity contribution in [1.82, 2.24) is 14.3 Å². The standard InChI is InChI=1S/C14H19N3O2/c1-4-11-13(14(19)16(3)7-8-18)17-6-5-10(2)9-12(17)15-11/h5-6,9,18H,4,7-8H2,1-3H3. The van der Waals surface area contributed by atoms with Crippen LogP contribution in [0.25, 0.3) is 5.65 Å². The number of fused-ring (bicyclic) bond motifs is 1. The molecule has 2 aromatic heterocycles. The summed E-state index contributed by atoms with van der Waals surface area (Å²) >= 11 is 0. The number of hydrogen-bond acceptors (Lipinski definition) is 3. The van der Waals surface area contributed by atoms with Crippen LogP contribution in [0.2, 0.25) is 0 Å². The van der Waals surface area contributed by atoms with Gasteiger partial charge in [0.2, 0.25) is 0 Å². The Labute approximate surface area is 112 Å². The van der Waals surface area contributed by atoms with Gasteiger partial charge in [-0.1, -0.05) is 6.92 Å². The molecule has 0 radical (unpaired) electrons. The Bertz CT molecular complexity index is 604. The van der Waals surface area contributed by atoms with E-state index in [1.54, 1.807) is 7.05 Å². The summed E-state index contributed by atoms with van der Waals surface area (Å²) in [6.45, 7) is 4.26. The summed E-state index contributed by atoms with van der Waals surface area (Å²) in [5.41, 5.74) is 3.29. The van der Waals surface area contributed by atoms with Crippen molar-refractivity contribution in [2.45, 2.75) is 20.3 Å². The van der Waals surface area contributed by atoms with Crippen molar-refractivity contribution in [3.63, 3.8) is 0 Å². The molecule has 102 valence electrons. The molecule has 19 heavy (non-hydrogen) atoms. The molecule has 0 aliphatic heterocycles. The van der Waals surface area contributed by atoms with Gasteiger partial charge in [0.15, 0.2) is 0 Å². The molecule has 0 unspecified atom stereocenters. The van der Waals surface area contributed by atoms with Crippen LogP contribution in [-0.4, -0.2) is 45.5 Å². The molecule has 1 amide bonds. The Morgan fingerprint density at radius 1 is 1.53 bits per heavy atom. The van der Waals surface area contributed by atoms with E-state index in [9.17, 15) is 4.79 Å². The topological polar surface area (TPSA) is 57.8 Å². The number of amides is 1. The highest BCUT2D eigenvalue weighted by Crippen LogP contribution is 2.16. The fraction of sp³-hybridized carbons (Fsp3) is 0.429. The summed E-state index contributed by atoms with van der Waals surface area (Å²) in [6.07, 6.45) is 2.58. The molecule has 5 nitrogen and oxygen atoms in total. The van der Waals surface area contributed by atoms with Gasteiger partial charge in [-0.15, -0.1) is 0 Å². The van der Waals surface area contributed by atoms with Gasteiger partial charge in [-0.05, 0) is 31.0 Å². The average Bonchev–Trinajstić information content (AvgIpc) is 2.75. The fourth-order valence-corrected chi connectivity index (χ4v) is 2.10. The molecule has 0 saturated heterocycles. The Balaban J connectivity index is 2.54. The second-order valence-electron chi connectivity index (χ2n) is 4.64. The molecule has 1 N–H and O–H groups in total. The highest BCUT2D eigenvalue weighted by atomic mass is 16.3. The smallest absolute Gasteiger partial charge is 0.272 e. The summed E-state index contributed by atoms with van der Waals surface area (Å²) in [4.78, 5) is 18.5. The Kier molecular flexibility index (Phi) is 3.85. The first kappa shape index (κ1) is 13.5. The quantitative estimate of drug-likeness (QED) is 0.901. The number of aromatic nitrogens is 2. The van der Waals surface area contributed by atoms with Crippen LogP contribution in [0.1, 0.15) is 28.7 Å². The number of hydrogen-bond donors (Lipinski definition) is 1. The zero-order chi connectivity index (χ0) is 14.0. The third-order valence-corrected chi connectivity index (χ3v) is 3.17. The summed E-state index contributed by atoms with van der Waals surface area (Å²) in [7, 11) is 1.69. The number of likely N-dealkylation sites (N-methyl/N-ethyl adjacent to an activating group) is 1. The third-order valence-electron chi connectivity index (χ3n) is 3.17. The zero-order valence-electron chi connectivity index (χ0n) is 11.6. The lowest BCUT2D eigenvalue weighted by molar-refractivity contribution is 0.0759. The van der Waals surface area contributed by atoms with Gasteiger partial charge in [-0.2, -0.15) is 0 Å². The second kappa shape index (κ2) is 5.40. The van der Waals surface area contributed by atoms with Crippen LogP contribution in [-0.2, 0) is 6.42 Å². The van der Waals surface area contributed by atoms with E-state index < -0.39 is 0 Å². The average molecular weight is 261 g/mol. The molecule has 0 atom stereocenters. The van der Waals surface area contributed by atoms with Gasteiger partial charge < -0.3 is 10.0 Å². The first-order valence-electron chi connectivity index (χ1n) is 6.42. The second-order valence-corrected chi connectivity index (χ2v) is 4.64. The molecule has 0 aliphatic rings. The minimum absolute atomic E-state index is 0.0421. The summed E-state index contributed by atoms with van der Waals surface area (Å²) in [6, 6.07) is 3.92. The summed E-state index contributed by atoms with van der Waals surface area (Å²) in [5.74, 6) is -0.109. The lowest BCUT2D eigenvalue weighted by atomic mass is 10.2. The molecular weight excluding hydrogens is 242 g/mol. The number of aliphatic hydroxyl groups excluding tert-OH is 1. The maximum absolute atomic E-state index is 12.4. The van der Waals surface area contributed by atoms with Crippen molar-refractivity contribution >= 4 is 11.6 Å². The largest absolute Gasteiger partial charge is 0.395 e. The number of nitrogens with zero attached hydrogens (tertiary/aromatic N) is 3. The third kappa shape index (κ3) is 2.46. The first-order valence-corrected chi connectivity index (χ1v) is 6.42. The zero-order valence-corrected chi connectivity index (χ0v) is 11.6. The normalized spacial score (nSPS) is 10.9. The van der Waals surface area contributed by atoms with Gasteiger partial charge in [0, 0.05) is 19.8 Å².